The van der Waals surface area contributed by atoms with Gasteiger partial charge < -0.3 is 14.2 Å². The first kappa shape index (κ1) is 16.1. The van der Waals surface area contributed by atoms with E-state index < -0.39 is 18.1 Å². The van der Waals surface area contributed by atoms with Gasteiger partial charge in [0.05, 0.1) is 14.2 Å². The third-order valence-corrected chi connectivity index (χ3v) is 3.93. The van der Waals surface area contributed by atoms with E-state index in [4.69, 9.17) is 14.2 Å². The molecule has 1 heterocycles. The number of esters is 1. The Morgan fingerprint density at radius 1 is 1.12 bits per heavy atom. The number of nitrogens with zero attached hydrogens (tertiary/aromatic N) is 1. The fourth-order valence-electron chi connectivity index (χ4n) is 2.68. The molecule has 2 aromatic carbocycles. The summed E-state index contributed by atoms with van der Waals surface area (Å²) in [7, 11) is 2.97. The minimum absolute atomic E-state index is 0.412. The van der Waals surface area contributed by atoms with E-state index in [-0.39, 0.29) is 0 Å². The number of ether oxygens (including phenoxy) is 3. The molecule has 2 atom stereocenters. The zero-order chi connectivity index (χ0) is 17.1. The van der Waals surface area contributed by atoms with Crippen molar-refractivity contribution in [2.75, 3.05) is 14.2 Å². The molecule has 0 aromatic heterocycles. The molecule has 3 rings (SSSR count). The standard InChI is InChI=1S/C19H19NO4/c1-12-5-4-6-14(11-12)17-16(19(21)23-3)20-18(24-17)13-7-9-15(22-2)10-8-13/h4-11,16-17H,1-3H3/t16-,17+/m0/s1. The van der Waals surface area contributed by atoms with E-state index in [1.807, 2.05) is 55.5 Å². The maximum absolute atomic E-state index is 12.1. The summed E-state index contributed by atoms with van der Waals surface area (Å²) in [6, 6.07) is 14.5. The summed E-state index contributed by atoms with van der Waals surface area (Å²) in [5, 5.41) is 0. The normalized spacial score (nSPS) is 19.4. The summed E-state index contributed by atoms with van der Waals surface area (Å²) < 4.78 is 16.1. The average Bonchev–Trinajstić information content (AvgIpc) is 3.06. The quantitative estimate of drug-likeness (QED) is 0.811. The molecule has 1 aliphatic rings. The predicted molar refractivity (Wildman–Crippen MR) is 90.3 cm³/mol. The molecule has 0 bridgehead atoms. The number of carbonyl (C=O) groups is 1. The largest absolute Gasteiger partial charge is 0.497 e. The van der Waals surface area contributed by atoms with Crippen LogP contribution in [0.1, 0.15) is 22.8 Å². The number of methoxy groups -OCH3 is 2. The van der Waals surface area contributed by atoms with Crippen molar-refractivity contribution < 1.29 is 19.0 Å². The molecule has 2 aromatic rings. The summed E-state index contributed by atoms with van der Waals surface area (Å²) in [6.07, 6.45) is -0.491. The van der Waals surface area contributed by atoms with E-state index in [0.717, 1.165) is 22.4 Å². The van der Waals surface area contributed by atoms with Crippen LogP contribution in [-0.4, -0.2) is 32.1 Å². The molecule has 0 aliphatic carbocycles. The molecule has 124 valence electrons. The Balaban J connectivity index is 1.93. The molecule has 1 aliphatic heterocycles. The van der Waals surface area contributed by atoms with Crippen molar-refractivity contribution in [3.05, 3.63) is 65.2 Å². The number of aryl methyl sites for hydroxylation is 1. The van der Waals surface area contributed by atoms with Crippen LogP contribution in [0.4, 0.5) is 0 Å². The number of aliphatic imine (C=N–C) groups is 1. The molecule has 5 nitrogen and oxygen atoms in total. The first-order valence-electron chi connectivity index (χ1n) is 7.65. The van der Waals surface area contributed by atoms with Crippen LogP contribution in [0.3, 0.4) is 0 Å². The van der Waals surface area contributed by atoms with Crippen LogP contribution in [0.5, 0.6) is 5.75 Å². The van der Waals surface area contributed by atoms with Gasteiger partial charge in [0.25, 0.3) is 0 Å². The van der Waals surface area contributed by atoms with Crippen LogP contribution in [-0.2, 0) is 14.3 Å². The third-order valence-electron chi connectivity index (χ3n) is 3.93. The first-order valence-corrected chi connectivity index (χ1v) is 7.65. The molecule has 0 fully saturated rings. The van der Waals surface area contributed by atoms with Crippen LogP contribution in [0, 0.1) is 6.92 Å². The second kappa shape index (κ2) is 6.74. The van der Waals surface area contributed by atoms with Crippen molar-refractivity contribution in [3.63, 3.8) is 0 Å². The van der Waals surface area contributed by atoms with Gasteiger partial charge in [0, 0.05) is 5.56 Å². The summed E-state index contributed by atoms with van der Waals surface area (Å²) >= 11 is 0. The third kappa shape index (κ3) is 3.11. The lowest BCUT2D eigenvalue weighted by atomic mass is 10.0. The molecule has 5 heteroatoms. The van der Waals surface area contributed by atoms with E-state index in [9.17, 15) is 4.79 Å². The lowest BCUT2D eigenvalue weighted by Crippen LogP contribution is -2.25. The van der Waals surface area contributed by atoms with Gasteiger partial charge in [-0.3, -0.25) is 0 Å². The Hall–Kier alpha value is -2.82. The zero-order valence-electron chi connectivity index (χ0n) is 13.9. The topological polar surface area (TPSA) is 57.1 Å². The maximum Gasteiger partial charge on any atom is 0.335 e. The van der Waals surface area contributed by atoms with Crippen molar-refractivity contribution >= 4 is 11.9 Å². The Bertz CT molecular complexity index is 767. The number of carbonyl (C=O) groups excluding carboxylic acids is 1. The number of hydrogen-bond acceptors (Lipinski definition) is 5. The molecule has 0 saturated heterocycles. The highest BCUT2D eigenvalue weighted by Crippen LogP contribution is 2.32. The van der Waals surface area contributed by atoms with Crippen molar-refractivity contribution in [1.82, 2.24) is 0 Å². The van der Waals surface area contributed by atoms with Gasteiger partial charge in [0.2, 0.25) is 5.90 Å². The van der Waals surface area contributed by atoms with Crippen molar-refractivity contribution in [2.24, 2.45) is 4.99 Å². The minimum Gasteiger partial charge on any atom is -0.497 e. The van der Waals surface area contributed by atoms with Crippen LogP contribution < -0.4 is 4.74 Å². The fourth-order valence-corrected chi connectivity index (χ4v) is 2.68. The van der Waals surface area contributed by atoms with Gasteiger partial charge in [-0.1, -0.05) is 29.8 Å². The van der Waals surface area contributed by atoms with Gasteiger partial charge in [-0.15, -0.1) is 0 Å². The minimum atomic E-state index is -0.714. The number of hydrogen-bond donors (Lipinski definition) is 0. The van der Waals surface area contributed by atoms with Gasteiger partial charge >= 0.3 is 5.97 Å². The summed E-state index contributed by atoms with van der Waals surface area (Å²) in [5.74, 6) is 0.765. The lowest BCUT2D eigenvalue weighted by Gasteiger charge is -2.17. The van der Waals surface area contributed by atoms with E-state index in [2.05, 4.69) is 4.99 Å². The van der Waals surface area contributed by atoms with Crippen LogP contribution in [0.25, 0.3) is 0 Å². The van der Waals surface area contributed by atoms with Gasteiger partial charge in [-0.05, 0) is 36.8 Å². The van der Waals surface area contributed by atoms with Gasteiger partial charge in [0.1, 0.15) is 5.75 Å². The monoisotopic (exact) mass is 325 g/mol. The molecule has 0 amide bonds. The Kier molecular flexibility index (Phi) is 4.51. The fraction of sp³-hybridized carbons (Fsp3) is 0.263. The van der Waals surface area contributed by atoms with Gasteiger partial charge in [-0.2, -0.15) is 0 Å². The first-order chi connectivity index (χ1) is 11.6. The molecular weight excluding hydrogens is 306 g/mol. The van der Waals surface area contributed by atoms with E-state index in [0.29, 0.717) is 5.90 Å². The van der Waals surface area contributed by atoms with Crippen molar-refractivity contribution in [3.8, 4) is 5.75 Å². The Labute approximate surface area is 140 Å². The SMILES string of the molecule is COC(=O)[C@H]1N=C(c2ccc(OC)cc2)O[C@@H]1c1cccc(C)c1. The van der Waals surface area contributed by atoms with Crippen LogP contribution in [0.2, 0.25) is 0 Å². The Morgan fingerprint density at radius 3 is 2.50 bits per heavy atom. The highest BCUT2D eigenvalue weighted by Gasteiger charge is 2.38. The summed E-state index contributed by atoms with van der Waals surface area (Å²) in [4.78, 5) is 16.6. The van der Waals surface area contributed by atoms with Crippen LogP contribution in [0.15, 0.2) is 53.5 Å². The zero-order valence-corrected chi connectivity index (χ0v) is 13.9. The molecule has 24 heavy (non-hydrogen) atoms. The number of benzene rings is 2. The van der Waals surface area contributed by atoms with Gasteiger partial charge in [-0.25, -0.2) is 9.79 Å². The summed E-state index contributed by atoms with van der Waals surface area (Å²) in [6.45, 7) is 2.00. The summed E-state index contributed by atoms with van der Waals surface area (Å²) in [5.41, 5.74) is 2.79. The Morgan fingerprint density at radius 2 is 1.88 bits per heavy atom. The van der Waals surface area contributed by atoms with Crippen LogP contribution >= 0.6 is 0 Å². The van der Waals surface area contributed by atoms with E-state index in [1.54, 1.807) is 7.11 Å². The number of rotatable bonds is 4. The molecule has 0 radical (unpaired) electrons. The smallest absolute Gasteiger partial charge is 0.335 e. The molecule has 0 N–H and O–H groups in total. The van der Waals surface area contributed by atoms with E-state index in [1.165, 1.54) is 7.11 Å². The second-order valence-corrected chi connectivity index (χ2v) is 5.58. The molecule has 0 saturated carbocycles. The van der Waals surface area contributed by atoms with E-state index >= 15 is 0 Å². The van der Waals surface area contributed by atoms with Crippen molar-refractivity contribution in [1.29, 1.82) is 0 Å². The predicted octanol–water partition coefficient (Wildman–Crippen LogP) is 3.06. The molecular formula is C19H19NO4. The van der Waals surface area contributed by atoms with Crippen molar-refractivity contribution in [2.45, 2.75) is 19.1 Å². The molecule has 0 unspecified atom stereocenters. The maximum atomic E-state index is 12.1. The van der Waals surface area contributed by atoms with Gasteiger partial charge in [0.15, 0.2) is 12.1 Å². The molecule has 0 spiro atoms. The second-order valence-electron chi connectivity index (χ2n) is 5.58. The highest BCUT2D eigenvalue weighted by molar-refractivity contribution is 5.98. The lowest BCUT2D eigenvalue weighted by molar-refractivity contribution is -0.143. The average molecular weight is 325 g/mol. The highest BCUT2D eigenvalue weighted by atomic mass is 16.5.